The predicted molar refractivity (Wildman–Crippen MR) is 75.3 cm³/mol. The molecule has 0 radical (unpaired) electrons. The van der Waals surface area contributed by atoms with Gasteiger partial charge in [0, 0.05) is 19.1 Å². The van der Waals surface area contributed by atoms with E-state index in [1.807, 2.05) is 20.8 Å². The average Bonchev–Trinajstić information content (AvgIpc) is 2.20. The Hall–Kier alpha value is -0.610. The van der Waals surface area contributed by atoms with Gasteiger partial charge in [-0.3, -0.25) is 4.79 Å². The fourth-order valence-electron chi connectivity index (χ4n) is 2.63. The molecule has 106 valence electrons. The van der Waals surface area contributed by atoms with Crippen LogP contribution in [0.2, 0.25) is 0 Å². The zero-order valence-electron chi connectivity index (χ0n) is 12.3. The van der Waals surface area contributed by atoms with Crippen LogP contribution in [0.3, 0.4) is 0 Å². The van der Waals surface area contributed by atoms with Gasteiger partial charge in [0.2, 0.25) is 5.91 Å². The molecule has 3 N–H and O–H groups in total. The highest BCUT2D eigenvalue weighted by Crippen LogP contribution is 2.27. The summed E-state index contributed by atoms with van der Waals surface area (Å²) in [5.74, 6) is 0.560. The highest BCUT2D eigenvalue weighted by atomic mass is 16.1. The first kappa shape index (κ1) is 15.4. The van der Waals surface area contributed by atoms with Gasteiger partial charge >= 0.3 is 0 Å². The standard InChI is InChI=1S/C14H29N3O/c1-5-17(9-12-7-6-8-12)10-14(4,13(15)18)16-11(2)3/h11-12,16H,5-10H2,1-4H3,(H2,15,18). The monoisotopic (exact) mass is 255 g/mol. The van der Waals surface area contributed by atoms with E-state index in [0.717, 1.165) is 19.0 Å². The fourth-order valence-corrected chi connectivity index (χ4v) is 2.63. The molecule has 0 heterocycles. The maximum atomic E-state index is 11.7. The zero-order chi connectivity index (χ0) is 13.8. The number of likely N-dealkylation sites (N-methyl/N-ethyl adjacent to an activating group) is 1. The Morgan fingerprint density at radius 2 is 2.11 bits per heavy atom. The number of carbonyl (C=O) groups excluding carboxylic acids is 1. The van der Waals surface area contributed by atoms with Crippen molar-refractivity contribution in [2.45, 2.75) is 58.5 Å². The first-order valence-electron chi connectivity index (χ1n) is 7.17. The van der Waals surface area contributed by atoms with Gasteiger partial charge in [0.05, 0.1) is 0 Å². The van der Waals surface area contributed by atoms with Gasteiger partial charge in [-0.05, 0) is 46.1 Å². The molecule has 0 bridgehead atoms. The minimum absolute atomic E-state index is 0.255. The van der Waals surface area contributed by atoms with Crippen LogP contribution in [0.4, 0.5) is 0 Å². The molecule has 1 atom stereocenters. The molecule has 4 heteroatoms. The van der Waals surface area contributed by atoms with Crippen LogP contribution in [0.15, 0.2) is 0 Å². The van der Waals surface area contributed by atoms with E-state index in [-0.39, 0.29) is 11.9 Å². The molecule has 4 nitrogen and oxygen atoms in total. The maximum Gasteiger partial charge on any atom is 0.238 e. The number of rotatable bonds is 8. The summed E-state index contributed by atoms with van der Waals surface area (Å²) in [6, 6.07) is 0.255. The third-order valence-electron chi connectivity index (χ3n) is 3.88. The third kappa shape index (κ3) is 4.25. The lowest BCUT2D eigenvalue weighted by atomic mass is 9.84. The fraction of sp³-hybridized carbons (Fsp3) is 0.929. The molecule has 1 aliphatic rings. The Labute approximate surface area is 111 Å². The van der Waals surface area contributed by atoms with Crippen molar-refractivity contribution in [2.75, 3.05) is 19.6 Å². The molecule has 1 fully saturated rings. The van der Waals surface area contributed by atoms with Gasteiger partial charge in [-0.1, -0.05) is 13.3 Å². The largest absolute Gasteiger partial charge is 0.368 e. The summed E-state index contributed by atoms with van der Waals surface area (Å²) >= 11 is 0. The molecule has 0 aromatic heterocycles. The van der Waals surface area contributed by atoms with Crippen LogP contribution < -0.4 is 11.1 Å². The lowest BCUT2D eigenvalue weighted by Crippen LogP contribution is -2.61. The van der Waals surface area contributed by atoms with Gasteiger partial charge in [-0.25, -0.2) is 0 Å². The van der Waals surface area contributed by atoms with E-state index in [9.17, 15) is 4.79 Å². The van der Waals surface area contributed by atoms with Crippen LogP contribution in [0.5, 0.6) is 0 Å². The van der Waals surface area contributed by atoms with E-state index in [0.29, 0.717) is 6.54 Å². The van der Waals surface area contributed by atoms with Crippen molar-refractivity contribution in [1.82, 2.24) is 10.2 Å². The lowest BCUT2D eigenvalue weighted by Gasteiger charge is -2.38. The van der Waals surface area contributed by atoms with Crippen LogP contribution in [0.25, 0.3) is 0 Å². The van der Waals surface area contributed by atoms with Gasteiger partial charge < -0.3 is 16.0 Å². The zero-order valence-corrected chi connectivity index (χ0v) is 12.3. The van der Waals surface area contributed by atoms with Crippen LogP contribution in [-0.2, 0) is 4.79 Å². The van der Waals surface area contributed by atoms with Crippen LogP contribution in [-0.4, -0.2) is 42.0 Å². The van der Waals surface area contributed by atoms with Crippen molar-refractivity contribution in [3.8, 4) is 0 Å². The molecule has 1 aliphatic carbocycles. The van der Waals surface area contributed by atoms with Crippen molar-refractivity contribution in [2.24, 2.45) is 11.7 Å². The molecule has 1 amide bonds. The van der Waals surface area contributed by atoms with E-state index >= 15 is 0 Å². The number of amides is 1. The summed E-state index contributed by atoms with van der Waals surface area (Å²) in [4.78, 5) is 14.1. The number of carbonyl (C=O) groups is 1. The Morgan fingerprint density at radius 1 is 1.50 bits per heavy atom. The molecule has 0 aromatic rings. The summed E-state index contributed by atoms with van der Waals surface area (Å²) in [5, 5.41) is 3.31. The summed E-state index contributed by atoms with van der Waals surface area (Å²) in [5.41, 5.74) is 4.94. The summed E-state index contributed by atoms with van der Waals surface area (Å²) in [6.45, 7) is 10.9. The van der Waals surface area contributed by atoms with Crippen molar-refractivity contribution in [3.05, 3.63) is 0 Å². The van der Waals surface area contributed by atoms with Gasteiger partial charge in [0.25, 0.3) is 0 Å². The van der Waals surface area contributed by atoms with Gasteiger partial charge in [-0.2, -0.15) is 0 Å². The smallest absolute Gasteiger partial charge is 0.238 e. The molecule has 0 spiro atoms. The third-order valence-corrected chi connectivity index (χ3v) is 3.88. The number of nitrogens with zero attached hydrogens (tertiary/aromatic N) is 1. The van der Waals surface area contributed by atoms with Gasteiger partial charge in [-0.15, -0.1) is 0 Å². The molecule has 0 aromatic carbocycles. The normalized spacial score (nSPS) is 19.9. The van der Waals surface area contributed by atoms with Crippen molar-refractivity contribution in [1.29, 1.82) is 0 Å². The molecular weight excluding hydrogens is 226 g/mol. The highest BCUT2D eigenvalue weighted by molar-refractivity contribution is 5.84. The number of primary amides is 1. The van der Waals surface area contributed by atoms with Crippen LogP contribution in [0, 0.1) is 5.92 Å². The van der Waals surface area contributed by atoms with E-state index in [4.69, 9.17) is 5.73 Å². The summed E-state index contributed by atoms with van der Waals surface area (Å²) in [7, 11) is 0. The topological polar surface area (TPSA) is 58.4 Å². The number of hydrogen-bond donors (Lipinski definition) is 2. The van der Waals surface area contributed by atoms with E-state index in [1.54, 1.807) is 0 Å². The lowest BCUT2D eigenvalue weighted by molar-refractivity contribution is -0.125. The SMILES string of the molecule is CCN(CC1CCC1)CC(C)(NC(C)C)C(N)=O. The second kappa shape index (κ2) is 6.53. The molecule has 1 unspecified atom stereocenters. The van der Waals surface area contributed by atoms with Gasteiger partial charge in [0.1, 0.15) is 5.54 Å². The molecule has 18 heavy (non-hydrogen) atoms. The van der Waals surface area contributed by atoms with E-state index in [1.165, 1.54) is 19.3 Å². The number of nitrogens with two attached hydrogens (primary N) is 1. The second-order valence-electron chi connectivity index (χ2n) is 6.12. The second-order valence-corrected chi connectivity index (χ2v) is 6.12. The number of hydrogen-bond acceptors (Lipinski definition) is 3. The molecule has 0 saturated heterocycles. The number of nitrogens with one attached hydrogen (secondary N) is 1. The Kier molecular flexibility index (Phi) is 5.60. The first-order chi connectivity index (χ1) is 8.37. The maximum absolute atomic E-state index is 11.7. The van der Waals surface area contributed by atoms with Crippen molar-refractivity contribution < 1.29 is 4.79 Å². The minimum atomic E-state index is -0.631. The Balaban J connectivity index is 2.58. The molecule has 1 rings (SSSR count). The summed E-state index contributed by atoms with van der Waals surface area (Å²) < 4.78 is 0. The Bertz CT molecular complexity index is 276. The van der Waals surface area contributed by atoms with Crippen molar-refractivity contribution in [3.63, 3.8) is 0 Å². The quantitative estimate of drug-likeness (QED) is 0.688. The first-order valence-corrected chi connectivity index (χ1v) is 7.17. The Morgan fingerprint density at radius 3 is 2.44 bits per heavy atom. The molecule has 1 saturated carbocycles. The van der Waals surface area contributed by atoms with Gasteiger partial charge in [0.15, 0.2) is 0 Å². The molecular formula is C14H29N3O. The molecule has 0 aliphatic heterocycles. The van der Waals surface area contributed by atoms with Crippen LogP contribution >= 0.6 is 0 Å². The predicted octanol–water partition coefficient (Wildman–Crippen LogP) is 1.35. The van der Waals surface area contributed by atoms with E-state index in [2.05, 4.69) is 17.1 Å². The minimum Gasteiger partial charge on any atom is -0.368 e. The highest BCUT2D eigenvalue weighted by Gasteiger charge is 2.34. The van der Waals surface area contributed by atoms with Crippen molar-refractivity contribution >= 4 is 5.91 Å². The summed E-state index contributed by atoms with van der Waals surface area (Å²) in [6.07, 6.45) is 4.03. The van der Waals surface area contributed by atoms with E-state index < -0.39 is 5.54 Å². The van der Waals surface area contributed by atoms with Crippen LogP contribution in [0.1, 0.15) is 47.0 Å². The average molecular weight is 255 g/mol.